The zero-order chi connectivity index (χ0) is 50.1. The first-order valence-corrected chi connectivity index (χ1v) is 23.0. The minimum absolute atomic E-state index is 0. The van der Waals surface area contributed by atoms with E-state index < -0.39 is 130 Å². The van der Waals surface area contributed by atoms with Gasteiger partial charge in [-0.25, -0.2) is 4.79 Å². The van der Waals surface area contributed by atoms with E-state index in [2.05, 4.69) is 17.6 Å². The van der Waals surface area contributed by atoms with Crippen molar-refractivity contribution in [2.24, 2.45) is 0 Å². The summed E-state index contributed by atoms with van der Waals surface area (Å²) in [4.78, 5) is 72.8. The number of unbranched alkanes of at least 4 members (excludes halogenated alkanes) is 7. The molecular weight excluding hydrogens is 926 g/mol. The van der Waals surface area contributed by atoms with E-state index in [-0.39, 0.29) is 42.4 Å². The number of allylic oxidation sites excluding steroid dienone is 1. The molecule has 2 aliphatic rings. The number of ether oxygens (including phenoxy) is 7. The first-order valence-electron chi connectivity index (χ1n) is 23.0. The highest BCUT2D eigenvalue weighted by molar-refractivity contribution is 5.94. The number of nitrogens with one attached hydrogen (secondary N) is 2. The van der Waals surface area contributed by atoms with Crippen LogP contribution in [0.5, 0.6) is 0 Å². The van der Waals surface area contributed by atoms with Crippen molar-refractivity contribution in [3.05, 3.63) is 12.2 Å². The molecular formula is C44H76ClN3O20. The summed E-state index contributed by atoms with van der Waals surface area (Å²) < 4.78 is 37.3. The minimum atomic E-state index is -1.91. The van der Waals surface area contributed by atoms with Gasteiger partial charge in [-0.15, -0.1) is 0 Å². The maximum atomic E-state index is 12.8. The summed E-state index contributed by atoms with van der Waals surface area (Å²) in [7, 11) is 3.68. The molecule has 0 bridgehead atoms. The number of hydrogen-bond acceptors (Lipinski definition) is 20. The van der Waals surface area contributed by atoms with Gasteiger partial charge in [0.1, 0.15) is 74.4 Å². The van der Waals surface area contributed by atoms with Crippen molar-refractivity contribution in [3.63, 3.8) is 0 Å². The third kappa shape index (κ3) is 23.3. The molecule has 0 spiro atoms. The third-order valence-corrected chi connectivity index (χ3v) is 11.1. The van der Waals surface area contributed by atoms with Crippen LogP contribution in [0.1, 0.15) is 104 Å². The van der Waals surface area contributed by atoms with Gasteiger partial charge in [0.05, 0.1) is 33.4 Å². The van der Waals surface area contributed by atoms with Crippen molar-refractivity contribution in [2.45, 2.75) is 178 Å². The molecule has 9 N–H and O–H groups in total. The number of hydrogen-bond donors (Lipinski definition) is 9. The highest BCUT2D eigenvalue weighted by atomic mass is 35.5. The molecule has 12 atom stereocenters. The standard InChI is InChI=1S/C44H75N3O20.ClH/c1-6-7-14-18-30(64-36(56)23-47(4,5)20-21-61-28(3)51)29(52)17-15-12-10-8-9-11-13-16-19-34(54)62-26-63-35(55)22-33(53)46-37-41(59)42(32(25-49)65-43(37)60)67-44-38(45-27(2)50)40(58)39(57)31(24-48)66-44;/h12,15,29-32,37-44,48-49,52,57-60H,6-11,13-14,16-26H2,1-5H3,(H-,45,46,50,53);1H/b15-12-;/t29?,30?,31?,32?,37?,38?,39-,40-,41-,42-,43-,44+;/m0./s1. The van der Waals surface area contributed by atoms with Gasteiger partial charge in [-0.2, -0.15) is 0 Å². The van der Waals surface area contributed by atoms with Gasteiger partial charge in [0.15, 0.2) is 19.1 Å². The van der Waals surface area contributed by atoms with Gasteiger partial charge in [0.25, 0.3) is 0 Å². The van der Waals surface area contributed by atoms with Crippen LogP contribution < -0.4 is 23.0 Å². The highest BCUT2D eigenvalue weighted by Gasteiger charge is 2.51. The molecule has 0 saturated carbocycles. The van der Waals surface area contributed by atoms with Crippen LogP contribution in [0.15, 0.2) is 12.2 Å². The van der Waals surface area contributed by atoms with Crippen molar-refractivity contribution < 1.29 is 115 Å². The van der Waals surface area contributed by atoms with Crippen LogP contribution in [0.25, 0.3) is 0 Å². The minimum Gasteiger partial charge on any atom is -1.00 e. The molecule has 24 heteroatoms. The zero-order valence-corrected chi connectivity index (χ0v) is 40.5. The van der Waals surface area contributed by atoms with E-state index in [1.165, 1.54) is 6.92 Å². The Morgan fingerprint density at radius 2 is 1.41 bits per heavy atom. The number of quaternary nitrogens is 1. The molecule has 2 saturated heterocycles. The largest absolute Gasteiger partial charge is 1.00 e. The number of nitrogens with zero attached hydrogens (tertiary/aromatic N) is 1. The SMILES string of the molecule is CCCCCC(OC(=O)C[N+](C)(C)CCOC(C)=O)C(O)C/C=C\CCCCCCCC(=O)OCOC(=O)CC(=O)NC1[C@@H](O)OC(CO)[C@H](O[C@H]2OC(CO)[C@H](O)[C@@H](O)C2NC(C)=O)[C@H]1O.[Cl-]. The van der Waals surface area contributed by atoms with E-state index in [0.717, 1.165) is 58.3 Å². The fraction of sp³-hybridized carbons (Fsp3) is 0.818. The van der Waals surface area contributed by atoms with Crippen molar-refractivity contribution in [2.75, 3.05) is 53.8 Å². The van der Waals surface area contributed by atoms with Crippen molar-refractivity contribution in [3.8, 4) is 0 Å². The van der Waals surface area contributed by atoms with Crippen molar-refractivity contribution >= 4 is 35.7 Å². The van der Waals surface area contributed by atoms with Gasteiger partial charge in [-0.1, -0.05) is 51.2 Å². The van der Waals surface area contributed by atoms with E-state index in [1.807, 2.05) is 26.2 Å². The lowest BCUT2D eigenvalue weighted by atomic mass is 9.94. The lowest BCUT2D eigenvalue weighted by molar-refractivity contribution is -0.883. The molecule has 0 aliphatic carbocycles. The van der Waals surface area contributed by atoms with Crippen LogP contribution in [-0.4, -0.2) is 203 Å². The molecule has 2 aliphatic heterocycles. The summed E-state index contributed by atoms with van der Waals surface area (Å²) in [6, 6.07) is -3.08. The Morgan fingerprint density at radius 1 is 0.750 bits per heavy atom. The van der Waals surface area contributed by atoms with E-state index in [0.29, 0.717) is 25.8 Å². The lowest BCUT2D eigenvalue weighted by Crippen LogP contribution is -3.00. The average Bonchev–Trinajstić information content (AvgIpc) is 3.25. The Bertz CT molecular complexity index is 1560. The number of amides is 2. The third-order valence-electron chi connectivity index (χ3n) is 11.1. The van der Waals surface area contributed by atoms with E-state index in [9.17, 15) is 64.5 Å². The number of carbonyl (C=O) groups excluding carboxylic acids is 6. The molecule has 68 heavy (non-hydrogen) atoms. The van der Waals surface area contributed by atoms with Crippen LogP contribution >= 0.6 is 0 Å². The second-order valence-electron chi connectivity index (χ2n) is 17.5. The Morgan fingerprint density at radius 3 is 2.06 bits per heavy atom. The fourth-order valence-corrected chi connectivity index (χ4v) is 7.36. The summed E-state index contributed by atoms with van der Waals surface area (Å²) in [6.45, 7) is 2.86. The fourth-order valence-electron chi connectivity index (χ4n) is 7.36. The monoisotopic (exact) mass is 1000 g/mol. The Labute approximate surface area is 403 Å². The van der Waals surface area contributed by atoms with Crippen molar-refractivity contribution in [1.82, 2.24) is 10.6 Å². The molecule has 0 aromatic rings. The first-order chi connectivity index (χ1) is 31.7. The quantitative estimate of drug-likeness (QED) is 0.00601. The van der Waals surface area contributed by atoms with Gasteiger partial charge in [0, 0.05) is 20.3 Å². The topological polar surface area (TPSA) is 333 Å². The number of likely N-dealkylation sites (N-methyl/N-ethyl adjacent to an activating group) is 1. The number of carbonyl (C=O) groups is 6. The van der Waals surface area contributed by atoms with E-state index in [1.54, 1.807) is 0 Å². The second kappa shape index (κ2) is 33.1. The van der Waals surface area contributed by atoms with Gasteiger partial charge in [-0.05, 0) is 38.5 Å². The number of esters is 4. The molecule has 6 unspecified atom stereocenters. The molecule has 23 nitrogen and oxygen atoms in total. The molecule has 0 aromatic carbocycles. The van der Waals surface area contributed by atoms with Crippen LogP contribution in [-0.2, 0) is 61.9 Å². The highest BCUT2D eigenvalue weighted by Crippen LogP contribution is 2.29. The van der Waals surface area contributed by atoms with Crippen LogP contribution in [0.2, 0.25) is 0 Å². The molecule has 2 fully saturated rings. The molecule has 0 radical (unpaired) electrons. The number of halogens is 1. The van der Waals surface area contributed by atoms with Crippen molar-refractivity contribution in [1.29, 1.82) is 0 Å². The summed E-state index contributed by atoms with van der Waals surface area (Å²) in [5, 5.41) is 77.4. The molecule has 2 amide bonds. The Hall–Kier alpha value is -3.59. The number of aliphatic hydroxyl groups is 7. The summed E-state index contributed by atoms with van der Waals surface area (Å²) in [6.07, 6.45) is -3.29. The predicted molar refractivity (Wildman–Crippen MR) is 232 cm³/mol. The second-order valence-corrected chi connectivity index (χ2v) is 17.5. The van der Waals surface area contributed by atoms with Gasteiger partial charge in [-0.3, -0.25) is 24.0 Å². The van der Waals surface area contributed by atoms with E-state index in [4.69, 9.17) is 33.2 Å². The summed E-state index contributed by atoms with van der Waals surface area (Å²) >= 11 is 0. The smallest absolute Gasteiger partial charge is 0.362 e. The number of rotatable bonds is 31. The summed E-state index contributed by atoms with van der Waals surface area (Å²) in [5.74, 6) is -4.24. The normalized spacial score (nSPS) is 25.9. The van der Waals surface area contributed by atoms with Gasteiger partial charge in [0.2, 0.25) is 18.6 Å². The van der Waals surface area contributed by atoms with Gasteiger partial charge >= 0.3 is 23.9 Å². The Kier molecular flexibility index (Phi) is 30.4. The lowest BCUT2D eigenvalue weighted by Gasteiger charge is -2.47. The summed E-state index contributed by atoms with van der Waals surface area (Å²) in [5.41, 5.74) is 0. The van der Waals surface area contributed by atoms with Gasteiger partial charge < -0.3 is 96.4 Å². The average molecular weight is 1000 g/mol. The van der Waals surface area contributed by atoms with Crippen LogP contribution in [0, 0.1) is 0 Å². The first kappa shape index (κ1) is 62.4. The molecule has 0 aromatic heterocycles. The van der Waals surface area contributed by atoms with Crippen LogP contribution in [0.4, 0.5) is 0 Å². The Balaban J connectivity index is 0.0000231. The maximum Gasteiger partial charge on any atom is 0.362 e. The van der Waals surface area contributed by atoms with Crippen LogP contribution in [0.3, 0.4) is 0 Å². The predicted octanol–water partition coefficient (Wildman–Crippen LogP) is -4.52. The maximum absolute atomic E-state index is 12.8. The number of aliphatic hydroxyl groups excluding tert-OH is 7. The molecule has 2 rings (SSSR count). The molecule has 2 heterocycles. The van der Waals surface area contributed by atoms with E-state index >= 15 is 0 Å². The zero-order valence-electron chi connectivity index (χ0n) is 39.8. The molecule has 394 valence electrons.